The molecule has 0 N–H and O–H groups in total. The average molecular weight is 462 g/mol. The molecule has 28 heavy (non-hydrogen) atoms. The standard InChI is InChI=1S/C22H28BrN3OS/c1-14(27)26(19-5-3-18(23)4-6-19)20-13-28-21(25(20)2)24-22-10-15-7-16(11-22)9-17(8-15)12-22/h3-6,15-17,20H,7-13H2,1-2H3. The number of thioether (sulfide) groups is 1. The van der Waals surface area contributed by atoms with Crippen LogP contribution in [0.3, 0.4) is 0 Å². The van der Waals surface area contributed by atoms with Gasteiger partial charge in [0.2, 0.25) is 5.91 Å². The van der Waals surface area contributed by atoms with Crippen molar-refractivity contribution in [3.63, 3.8) is 0 Å². The Balaban J connectivity index is 1.40. The minimum Gasteiger partial charge on any atom is -0.333 e. The van der Waals surface area contributed by atoms with Crippen molar-refractivity contribution < 1.29 is 4.79 Å². The Morgan fingerprint density at radius 2 is 1.71 bits per heavy atom. The molecule has 5 aliphatic rings. The van der Waals surface area contributed by atoms with Crippen LogP contribution in [0.1, 0.15) is 45.4 Å². The molecule has 1 saturated heterocycles. The smallest absolute Gasteiger partial charge is 0.225 e. The number of halogens is 1. The number of rotatable bonds is 3. The second-order valence-corrected chi connectivity index (χ2v) is 11.2. The Morgan fingerprint density at radius 1 is 1.14 bits per heavy atom. The maximum Gasteiger partial charge on any atom is 0.225 e. The van der Waals surface area contributed by atoms with Crippen molar-refractivity contribution in [2.75, 3.05) is 17.7 Å². The fourth-order valence-electron chi connectivity index (χ4n) is 6.42. The normalized spacial score (nSPS) is 37.7. The number of hydrogen-bond acceptors (Lipinski definition) is 3. The number of hydrogen-bond donors (Lipinski definition) is 0. The van der Waals surface area contributed by atoms with Gasteiger partial charge < -0.3 is 4.90 Å². The number of benzene rings is 1. The first-order chi connectivity index (χ1) is 13.4. The second kappa shape index (κ2) is 7.05. The van der Waals surface area contributed by atoms with Crippen LogP contribution in [0.2, 0.25) is 0 Å². The van der Waals surface area contributed by atoms with E-state index in [1.807, 2.05) is 40.9 Å². The molecule has 0 aromatic heterocycles. The molecule has 1 atom stereocenters. The molecule has 1 unspecified atom stereocenters. The van der Waals surface area contributed by atoms with Gasteiger partial charge in [-0.2, -0.15) is 0 Å². The van der Waals surface area contributed by atoms with E-state index >= 15 is 0 Å². The summed E-state index contributed by atoms with van der Waals surface area (Å²) in [5, 5.41) is 1.13. The van der Waals surface area contributed by atoms with E-state index in [-0.39, 0.29) is 17.6 Å². The highest BCUT2D eigenvalue weighted by atomic mass is 79.9. The van der Waals surface area contributed by atoms with E-state index in [1.54, 1.807) is 6.92 Å². The lowest BCUT2D eigenvalue weighted by atomic mass is 9.53. The summed E-state index contributed by atoms with van der Waals surface area (Å²) in [7, 11) is 2.11. The fourth-order valence-corrected chi connectivity index (χ4v) is 7.94. The van der Waals surface area contributed by atoms with Crippen LogP contribution in [0.15, 0.2) is 33.7 Å². The third-order valence-corrected chi connectivity index (χ3v) is 8.82. The van der Waals surface area contributed by atoms with Crippen LogP contribution >= 0.6 is 27.7 Å². The van der Waals surface area contributed by atoms with Gasteiger partial charge in [-0.25, -0.2) is 0 Å². The van der Waals surface area contributed by atoms with Gasteiger partial charge in [-0.1, -0.05) is 27.7 Å². The quantitative estimate of drug-likeness (QED) is 0.625. The fraction of sp³-hybridized carbons (Fsp3) is 0.636. The number of amidine groups is 1. The predicted octanol–water partition coefficient (Wildman–Crippen LogP) is 5.13. The Labute approximate surface area is 180 Å². The molecule has 1 aromatic carbocycles. The highest BCUT2D eigenvalue weighted by molar-refractivity contribution is 9.10. The summed E-state index contributed by atoms with van der Waals surface area (Å²) in [6.45, 7) is 1.66. The van der Waals surface area contributed by atoms with Gasteiger partial charge in [-0.3, -0.25) is 14.7 Å². The summed E-state index contributed by atoms with van der Waals surface area (Å²) in [5.41, 5.74) is 1.13. The van der Waals surface area contributed by atoms with E-state index in [2.05, 4.69) is 27.9 Å². The first-order valence-corrected chi connectivity index (χ1v) is 12.2. The van der Waals surface area contributed by atoms with Gasteiger partial charge in [-0.05, 0) is 80.5 Å². The molecular weight excluding hydrogens is 434 g/mol. The maximum absolute atomic E-state index is 12.5. The topological polar surface area (TPSA) is 35.9 Å². The SMILES string of the molecule is CC(=O)N(c1ccc(Br)cc1)C1CSC(=NC23CC4CC(CC(C4)C2)C3)N1C. The summed E-state index contributed by atoms with van der Waals surface area (Å²) in [6.07, 6.45) is 8.20. The van der Waals surface area contributed by atoms with Crippen LogP contribution in [0.25, 0.3) is 0 Å². The van der Waals surface area contributed by atoms with Crippen LogP contribution in [0.5, 0.6) is 0 Å². The van der Waals surface area contributed by atoms with Crippen LogP contribution in [-0.2, 0) is 4.79 Å². The first-order valence-electron chi connectivity index (χ1n) is 10.4. The van der Waals surface area contributed by atoms with Gasteiger partial charge >= 0.3 is 0 Å². The predicted molar refractivity (Wildman–Crippen MR) is 120 cm³/mol. The lowest BCUT2D eigenvalue weighted by molar-refractivity contribution is -0.117. The average Bonchev–Trinajstić information content (AvgIpc) is 2.95. The van der Waals surface area contributed by atoms with Crippen molar-refractivity contribution >= 4 is 44.5 Å². The summed E-state index contributed by atoms with van der Waals surface area (Å²) >= 11 is 5.31. The lowest BCUT2D eigenvalue weighted by Crippen LogP contribution is -2.51. The van der Waals surface area contributed by atoms with E-state index < -0.39 is 0 Å². The molecule has 4 nitrogen and oxygen atoms in total. The van der Waals surface area contributed by atoms with Crippen molar-refractivity contribution in [3.8, 4) is 0 Å². The zero-order valence-electron chi connectivity index (χ0n) is 16.6. The Morgan fingerprint density at radius 3 is 2.25 bits per heavy atom. The van der Waals surface area contributed by atoms with E-state index in [0.717, 1.165) is 38.8 Å². The number of amides is 1. The van der Waals surface area contributed by atoms with Gasteiger partial charge in [0, 0.05) is 29.9 Å². The summed E-state index contributed by atoms with van der Waals surface area (Å²) in [6, 6.07) is 8.02. The third-order valence-electron chi connectivity index (χ3n) is 7.19. The zero-order valence-corrected chi connectivity index (χ0v) is 19.0. The summed E-state index contributed by atoms with van der Waals surface area (Å²) < 4.78 is 1.03. The van der Waals surface area contributed by atoms with Crippen LogP contribution in [0.4, 0.5) is 5.69 Å². The number of carbonyl (C=O) groups is 1. The molecular formula is C22H28BrN3OS. The van der Waals surface area contributed by atoms with Gasteiger partial charge in [-0.15, -0.1) is 0 Å². The van der Waals surface area contributed by atoms with E-state index in [0.29, 0.717) is 0 Å². The van der Waals surface area contributed by atoms with E-state index in [9.17, 15) is 4.79 Å². The largest absolute Gasteiger partial charge is 0.333 e. The molecule has 5 fully saturated rings. The molecule has 6 rings (SSSR count). The van der Waals surface area contributed by atoms with Gasteiger partial charge in [0.25, 0.3) is 0 Å². The number of aliphatic imine (C=N–C) groups is 1. The highest BCUT2D eigenvalue weighted by Crippen LogP contribution is 2.57. The second-order valence-electron chi connectivity index (χ2n) is 9.30. The molecule has 4 aliphatic carbocycles. The molecule has 1 aromatic rings. The number of carbonyl (C=O) groups excluding carboxylic acids is 1. The highest BCUT2D eigenvalue weighted by Gasteiger charge is 2.51. The molecule has 0 spiro atoms. The van der Waals surface area contributed by atoms with Crippen molar-refractivity contribution in [1.29, 1.82) is 0 Å². The number of anilines is 1. The van der Waals surface area contributed by atoms with Crippen molar-refractivity contribution in [3.05, 3.63) is 28.7 Å². The Kier molecular flexibility index (Phi) is 4.78. The molecule has 6 heteroatoms. The molecule has 1 amide bonds. The molecule has 4 saturated carbocycles. The van der Waals surface area contributed by atoms with Crippen molar-refractivity contribution in [1.82, 2.24) is 4.90 Å². The molecule has 1 heterocycles. The summed E-state index contributed by atoms with van der Waals surface area (Å²) in [4.78, 5) is 22.1. The molecule has 4 bridgehead atoms. The Hall–Kier alpha value is -1.01. The minimum atomic E-state index is 0.0244. The molecule has 1 aliphatic heterocycles. The van der Waals surface area contributed by atoms with Gasteiger partial charge in [0.1, 0.15) is 6.17 Å². The summed E-state index contributed by atoms with van der Waals surface area (Å²) in [5.74, 6) is 3.66. The Bertz CT molecular complexity index is 773. The zero-order chi connectivity index (χ0) is 19.5. The third kappa shape index (κ3) is 3.30. The van der Waals surface area contributed by atoms with E-state index in [1.165, 1.54) is 38.5 Å². The minimum absolute atomic E-state index is 0.0244. The molecule has 0 radical (unpaired) electrons. The van der Waals surface area contributed by atoms with Crippen LogP contribution < -0.4 is 4.90 Å². The van der Waals surface area contributed by atoms with Crippen LogP contribution in [0, 0.1) is 17.8 Å². The molecule has 150 valence electrons. The lowest BCUT2D eigenvalue weighted by Gasteiger charge is -2.55. The van der Waals surface area contributed by atoms with Crippen LogP contribution in [-0.4, -0.2) is 40.5 Å². The van der Waals surface area contributed by atoms with E-state index in [4.69, 9.17) is 4.99 Å². The number of nitrogens with zero attached hydrogens (tertiary/aromatic N) is 3. The maximum atomic E-state index is 12.5. The first kappa shape index (κ1) is 19.0. The van der Waals surface area contributed by atoms with Gasteiger partial charge in [0.05, 0.1) is 5.54 Å². The van der Waals surface area contributed by atoms with Crippen molar-refractivity contribution in [2.24, 2.45) is 22.7 Å². The monoisotopic (exact) mass is 461 g/mol. The van der Waals surface area contributed by atoms with Crippen molar-refractivity contribution in [2.45, 2.75) is 57.2 Å². The van der Waals surface area contributed by atoms with Gasteiger partial charge in [0.15, 0.2) is 5.17 Å².